The molecule has 7 aromatic carbocycles. The molecule has 380 valence electrons. The Kier molecular flexibility index (Phi) is 9.97. The van der Waals surface area contributed by atoms with Gasteiger partial charge < -0.3 is 14.4 Å². The van der Waals surface area contributed by atoms with Crippen molar-refractivity contribution in [3.05, 3.63) is 173 Å². The van der Waals surface area contributed by atoms with Crippen molar-refractivity contribution in [2.45, 2.75) is 174 Å². The quantitative estimate of drug-likeness (QED) is 0.163. The summed E-state index contributed by atoms with van der Waals surface area (Å²) in [6, 6.07) is 53.6. The van der Waals surface area contributed by atoms with Crippen molar-refractivity contribution >= 4 is 62.4 Å². The lowest BCUT2D eigenvalue weighted by atomic mass is 9.33. The molecule has 3 aliphatic heterocycles. The standard InChI is InChI=1S/C71H78BN3/c1-65(2,3)44-29-32-56(50(36-44)43-24-18-17-19-25-43)73-58-40-46(67(7,8)9)28-31-54(58)72-55-39-47(68(10,11)12)37-51-61-49-26-20-21-27-52(49)69(13,14)64(61)74(63(51)55)60-42-48(41-59(73)62(60)72)75-57-33-30-45(66(4,5)6)38-53(57)70(15)34-22-23-35-71(70,75)16/h17-21,24-33,36-42H,22-23,34-35H2,1-16H3. The number of rotatable bonds is 3. The van der Waals surface area contributed by atoms with Gasteiger partial charge in [-0.3, -0.25) is 0 Å². The van der Waals surface area contributed by atoms with Crippen LogP contribution in [-0.2, 0) is 32.5 Å². The third kappa shape index (κ3) is 6.66. The van der Waals surface area contributed by atoms with Crippen molar-refractivity contribution in [3.8, 4) is 27.9 Å². The van der Waals surface area contributed by atoms with Crippen LogP contribution in [-0.4, -0.2) is 16.8 Å². The zero-order chi connectivity index (χ0) is 52.9. The number of hydrogen-bond acceptors (Lipinski definition) is 2. The fourth-order valence-electron chi connectivity index (χ4n) is 15.0. The molecule has 2 aliphatic carbocycles. The minimum Gasteiger partial charge on any atom is -0.334 e. The van der Waals surface area contributed by atoms with Crippen LogP contribution in [0.5, 0.6) is 0 Å². The highest BCUT2D eigenvalue weighted by atomic mass is 15.3. The molecule has 0 bridgehead atoms. The summed E-state index contributed by atoms with van der Waals surface area (Å²) >= 11 is 0. The largest absolute Gasteiger partial charge is 0.334 e. The van der Waals surface area contributed by atoms with Gasteiger partial charge in [0.25, 0.3) is 6.71 Å². The Morgan fingerprint density at radius 2 is 1.07 bits per heavy atom. The summed E-state index contributed by atoms with van der Waals surface area (Å²) in [5, 5.41) is 1.38. The summed E-state index contributed by atoms with van der Waals surface area (Å²) in [4.78, 5) is 5.60. The molecule has 1 fully saturated rings. The van der Waals surface area contributed by atoms with Gasteiger partial charge in [-0.25, -0.2) is 0 Å². The predicted molar refractivity (Wildman–Crippen MR) is 323 cm³/mol. The Morgan fingerprint density at radius 1 is 0.467 bits per heavy atom. The number of nitrogens with zero attached hydrogens (tertiary/aromatic N) is 3. The molecule has 13 rings (SSSR count). The van der Waals surface area contributed by atoms with E-state index in [-0.39, 0.29) is 44.7 Å². The van der Waals surface area contributed by atoms with Crippen molar-refractivity contribution in [1.82, 2.24) is 4.57 Å². The Balaban J connectivity index is 1.22. The SMILES string of the molecule is CC(C)(C)c1ccc(N2c3cc(C(C)(C)C)ccc3B3c4c2cc(N2c5ccc(C(C)(C)C)cc5C5(C)CCCCC25C)cc4-n2c4c(c5cc(C(C)(C)C)cc3c52)-c2ccccc2C4(C)C)c(-c2ccccc2)c1. The molecule has 75 heavy (non-hydrogen) atoms. The van der Waals surface area contributed by atoms with Crippen molar-refractivity contribution < 1.29 is 0 Å². The molecule has 0 spiro atoms. The second-order valence-electron chi connectivity index (χ2n) is 28.6. The molecular weight excluding hydrogens is 906 g/mol. The predicted octanol–water partition coefficient (Wildman–Crippen LogP) is 17.1. The van der Waals surface area contributed by atoms with Gasteiger partial charge in [0.15, 0.2) is 0 Å². The first-order valence-electron chi connectivity index (χ1n) is 28.3. The van der Waals surface area contributed by atoms with Crippen LogP contribution in [0.3, 0.4) is 0 Å². The van der Waals surface area contributed by atoms with Gasteiger partial charge in [0.1, 0.15) is 0 Å². The topological polar surface area (TPSA) is 11.4 Å². The van der Waals surface area contributed by atoms with Crippen LogP contribution in [0.4, 0.5) is 28.4 Å². The van der Waals surface area contributed by atoms with Gasteiger partial charge in [0.2, 0.25) is 0 Å². The zero-order valence-electron chi connectivity index (χ0n) is 47.9. The lowest BCUT2D eigenvalue weighted by Crippen LogP contribution is -2.61. The maximum atomic E-state index is 2.86. The average Bonchev–Trinajstić information content (AvgIpc) is 3.92. The van der Waals surface area contributed by atoms with E-state index in [2.05, 4.69) is 259 Å². The summed E-state index contributed by atoms with van der Waals surface area (Å²) in [7, 11) is 0. The van der Waals surface area contributed by atoms with Gasteiger partial charge in [0.05, 0.1) is 11.2 Å². The number of anilines is 5. The Labute approximate surface area is 449 Å². The smallest absolute Gasteiger partial charge is 0.252 e. The molecule has 1 aromatic heterocycles. The van der Waals surface area contributed by atoms with Crippen LogP contribution >= 0.6 is 0 Å². The first-order valence-corrected chi connectivity index (χ1v) is 28.3. The maximum Gasteiger partial charge on any atom is 0.252 e. The monoisotopic (exact) mass is 984 g/mol. The second-order valence-corrected chi connectivity index (χ2v) is 28.6. The molecule has 0 amide bonds. The van der Waals surface area contributed by atoms with Crippen molar-refractivity contribution in [3.63, 3.8) is 0 Å². The number of fused-ring (bicyclic) bond motifs is 12. The normalized spacial score (nSPS) is 20.2. The number of benzene rings is 7. The van der Waals surface area contributed by atoms with Crippen LogP contribution in [0.15, 0.2) is 133 Å². The Morgan fingerprint density at radius 3 is 1.76 bits per heavy atom. The zero-order valence-corrected chi connectivity index (χ0v) is 47.9. The highest BCUT2D eigenvalue weighted by Crippen LogP contribution is 2.63. The minimum atomic E-state index is -0.255. The maximum absolute atomic E-state index is 2.86. The van der Waals surface area contributed by atoms with Crippen LogP contribution in [0.2, 0.25) is 0 Å². The first kappa shape index (κ1) is 48.4. The molecule has 8 aromatic rings. The molecule has 3 nitrogen and oxygen atoms in total. The Hall–Kier alpha value is -6.26. The molecule has 4 heteroatoms. The van der Waals surface area contributed by atoms with Gasteiger partial charge in [-0.1, -0.05) is 208 Å². The average molecular weight is 984 g/mol. The lowest BCUT2D eigenvalue weighted by molar-refractivity contribution is 0.195. The van der Waals surface area contributed by atoms with Crippen LogP contribution in [0.25, 0.3) is 38.8 Å². The van der Waals surface area contributed by atoms with E-state index in [4.69, 9.17) is 0 Å². The fourth-order valence-corrected chi connectivity index (χ4v) is 15.0. The molecular formula is C71H78BN3. The summed E-state index contributed by atoms with van der Waals surface area (Å²) in [6.07, 6.45) is 4.79. The van der Waals surface area contributed by atoms with E-state index in [9.17, 15) is 0 Å². The third-order valence-electron chi connectivity index (χ3n) is 19.5. The van der Waals surface area contributed by atoms with Crippen molar-refractivity contribution in [2.24, 2.45) is 0 Å². The van der Waals surface area contributed by atoms with E-state index in [1.807, 2.05) is 0 Å². The van der Waals surface area contributed by atoms with E-state index in [0.717, 1.165) is 6.42 Å². The molecule has 0 N–H and O–H groups in total. The summed E-state index contributed by atoms with van der Waals surface area (Å²) in [5.41, 5.74) is 27.9. The summed E-state index contributed by atoms with van der Waals surface area (Å²) in [5.74, 6) is 0. The second kappa shape index (κ2) is 15.5. The highest BCUT2D eigenvalue weighted by molar-refractivity contribution is 7.00. The first-order chi connectivity index (χ1) is 35.2. The van der Waals surface area contributed by atoms with Crippen LogP contribution in [0, 0.1) is 0 Å². The summed E-state index contributed by atoms with van der Waals surface area (Å²) in [6.45, 7) is 38.7. The highest BCUT2D eigenvalue weighted by Gasteiger charge is 2.58. The molecule has 2 atom stereocenters. The van der Waals surface area contributed by atoms with Gasteiger partial charge in [-0.05, 0) is 145 Å². The minimum absolute atomic E-state index is 0.000217. The van der Waals surface area contributed by atoms with E-state index in [1.165, 1.54) is 142 Å². The molecule has 0 radical (unpaired) electrons. The van der Waals surface area contributed by atoms with E-state index >= 15 is 0 Å². The number of hydrogen-bond donors (Lipinski definition) is 0. The third-order valence-corrected chi connectivity index (χ3v) is 19.5. The molecule has 4 heterocycles. The van der Waals surface area contributed by atoms with Gasteiger partial charge in [0, 0.05) is 67.0 Å². The summed E-state index contributed by atoms with van der Waals surface area (Å²) < 4.78 is 2.81. The lowest BCUT2D eigenvalue weighted by Gasteiger charge is -2.51. The van der Waals surface area contributed by atoms with E-state index < -0.39 is 0 Å². The molecule has 0 saturated heterocycles. The van der Waals surface area contributed by atoms with E-state index in [0.29, 0.717) is 0 Å². The fraction of sp³-hybridized carbons (Fsp3) is 0.380. The molecule has 5 aliphatic rings. The van der Waals surface area contributed by atoms with E-state index in [1.54, 1.807) is 0 Å². The molecule has 1 saturated carbocycles. The molecule has 2 unspecified atom stereocenters. The van der Waals surface area contributed by atoms with Crippen molar-refractivity contribution in [2.75, 3.05) is 9.80 Å². The van der Waals surface area contributed by atoms with Gasteiger partial charge in [-0.2, -0.15) is 0 Å². The van der Waals surface area contributed by atoms with Crippen molar-refractivity contribution in [1.29, 1.82) is 0 Å². The van der Waals surface area contributed by atoms with Gasteiger partial charge in [-0.15, -0.1) is 0 Å². The van der Waals surface area contributed by atoms with Crippen LogP contribution < -0.4 is 26.2 Å². The van der Waals surface area contributed by atoms with Crippen LogP contribution in [0.1, 0.15) is 176 Å². The van der Waals surface area contributed by atoms with Gasteiger partial charge >= 0.3 is 0 Å². The number of aromatic nitrogens is 1. The Bertz CT molecular complexity index is 3730.